The van der Waals surface area contributed by atoms with Crippen LogP contribution in [0.2, 0.25) is 0 Å². The quantitative estimate of drug-likeness (QED) is 0.566. The molecule has 0 fully saturated rings. The lowest BCUT2D eigenvalue weighted by Gasteiger charge is -2.08. The average Bonchev–Trinajstić information content (AvgIpc) is 3.08. The van der Waals surface area contributed by atoms with Gasteiger partial charge >= 0.3 is 0 Å². The molecule has 0 aliphatic carbocycles. The van der Waals surface area contributed by atoms with Crippen molar-refractivity contribution in [2.45, 2.75) is 20.4 Å². The van der Waals surface area contributed by atoms with Crippen LogP contribution in [0.5, 0.6) is 0 Å². The van der Waals surface area contributed by atoms with Gasteiger partial charge in [0, 0.05) is 0 Å². The molecule has 0 bridgehead atoms. The third-order valence-electron chi connectivity index (χ3n) is 4.41. The molecule has 0 radical (unpaired) electrons. The molecule has 2 aromatic heterocycles. The SMILES string of the molecule is Cc1cc(C)cc(-n2ncc3c(=O)n(Cc4cccc(C#N)c4)cnc32)c1. The predicted molar refractivity (Wildman–Crippen MR) is 103 cm³/mol. The molecule has 0 amide bonds. The number of aryl methyl sites for hydroxylation is 2. The topological polar surface area (TPSA) is 76.5 Å². The lowest BCUT2D eigenvalue weighted by atomic mass is 10.1. The van der Waals surface area contributed by atoms with Gasteiger partial charge in [0.25, 0.3) is 5.56 Å². The minimum Gasteiger partial charge on any atom is -0.294 e. The second-order valence-electron chi connectivity index (χ2n) is 6.63. The molecule has 0 aliphatic heterocycles. The van der Waals surface area contributed by atoms with Gasteiger partial charge in [-0.05, 0) is 54.8 Å². The number of hydrogen-bond donors (Lipinski definition) is 0. The molecule has 2 aromatic carbocycles. The summed E-state index contributed by atoms with van der Waals surface area (Å²) < 4.78 is 3.23. The van der Waals surface area contributed by atoms with Crippen LogP contribution < -0.4 is 5.56 Å². The van der Waals surface area contributed by atoms with Crippen LogP contribution in [0.4, 0.5) is 0 Å². The maximum absolute atomic E-state index is 12.9. The normalized spacial score (nSPS) is 10.9. The van der Waals surface area contributed by atoms with Crippen LogP contribution >= 0.6 is 0 Å². The van der Waals surface area contributed by atoms with Crippen molar-refractivity contribution in [2.75, 3.05) is 0 Å². The highest BCUT2D eigenvalue weighted by atomic mass is 16.1. The maximum Gasteiger partial charge on any atom is 0.264 e. The molecule has 0 spiro atoms. The number of benzene rings is 2. The Hall–Kier alpha value is -3.72. The minimum atomic E-state index is -0.155. The second kappa shape index (κ2) is 6.54. The molecule has 2 heterocycles. The lowest BCUT2D eigenvalue weighted by molar-refractivity contribution is 0.745. The number of nitrogens with zero attached hydrogens (tertiary/aromatic N) is 5. The minimum absolute atomic E-state index is 0.155. The first-order chi connectivity index (χ1) is 13.0. The van der Waals surface area contributed by atoms with Gasteiger partial charge < -0.3 is 0 Å². The molecule has 0 unspecified atom stereocenters. The number of aromatic nitrogens is 4. The van der Waals surface area contributed by atoms with E-state index in [0.29, 0.717) is 23.1 Å². The average molecular weight is 355 g/mol. The summed E-state index contributed by atoms with van der Waals surface area (Å²) in [5.41, 5.74) is 4.95. The Balaban J connectivity index is 1.78. The summed E-state index contributed by atoms with van der Waals surface area (Å²) in [6.45, 7) is 4.40. The van der Waals surface area contributed by atoms with Crippen LogP contribution in [-0.4, -0.2) is 19.3 Å². The molecule has 0 N–H and O–H groups in total. The summed E-state index contributed by atoms with van der Waals surface area (Å²) in [5.74, 6) is 0. The van der Waals surface area contributed by atoms with E-state index in [4.69, 9.17) is 5.26 Å². The van der Waals surface area contributed by atoms with Crippen LogP contribution in [-0.2, 0) is 6.54 Å². The van der Waals surface area contributed by atoms with Crippen molar-refractivity contribution in [2.24, 2.45) is 0 Å². The van der Waals surface area contributed by atoms with Crippen molar-refractivity contribution in [1.82, 2.24) is 19.3 Å². The summed E-state index contributed by atoms with van der Waals surface area (Å²) in [4.78, 5) is 17.3. The molecular weight excluding hydrogens is 338 g/mol. The van der Waals surface area contributed by atoms with Gasteiger partial charge in [-0.15, -0.1) is 0 Å². The number of fused-ring (bicyclic) bond motifs is 1. The molecule has 6 nitrogen and oxygen atoms in total. The van der Waals surface area contributed by atoms with Crippen LogP contribution in [0.15, 0.2) is 59.8 Å². The number of hydrogen-bond acceptors (Lipinski definition) is 4. The zero-order chi connectivity index (χ0) is 19.0. The van der Waals surface area contributed by atoms with E-state index < -0.39 is 0 Å². The molecule has 27 heavy (non-hydrogen) atoms. The predicted octanol–water partition coefficient (Wildman–Crippen LogP) is 3.12. The van der Waals surface area contributed by atoms with Gasteiger partial charge in [-0.2, -0.15) is 10.4 Å². The summed E-state index contributed by atoms with van der Waals surface area (Å²) in [7, 11) is 0. The van der Waals surface area contributed by atoms with Gasteiger partial charge in [-0.25, -0.2) is 9.67 Å². The monoisotopic (exact) mass is 355 g/mol. The molecular formula is C21H17N5O. The highest BCUT2D eigenvalue weighted by Gasteiger charge is 2.12. The van der Waals surface area contributed by atoms with Crippen molar-refractivity contribution >= 4 is 11.0 Å². The van der Waals surface area contributed by atoms with Crippen molar-refractivity contribution < 1.29 is 0 Å². The van der Waals surface area contributed by atoms with E-state index in [1.165, 1.54) is 10.9 Å². The number of nitriles is 1. The standard InChI is InChI=1S/C21H17N5O/c1-14-6-15(2)8-18(7-14)26-20-19(11-24-26)21(27)25(13-23-20)12-17-5-3-4-16(9-17)10-22/h3-9,11,13H,12H2,1-2H3. The second-order valence-corrected chi connectivity index (χ2v) is 6.63. The Bertz CT molecular complexity index is 1240. The molecule has 4 rings (SSSR count). The molecule has 0 saturated heterocycles. The van der Waals surface area contributed by atoms with Gasteiger partial charge in [0.15, 0.2) is 5.65 Å². The Kier molecular flexibility index (Phi) is 4.05. The van der Waals surface area contributed by atoms with E-state index in [1.54, 1.807) is 23.0 Å². The summed E-state index contributed by atoms with van der Waals surface area (Å²) in [6.07, 6.45) is 3.09. The van der Waals surface area contributed by atoms with E-state index in [2.05, 4.69) is 22.2 Å². The van der Waals surface area contributed by atoms with Gasteiger partial charge in [0.1, 0.15) is 11.7 Å². The molecule has 6 heteroatoms. The van der Waals surface area contributed by atoms with E-state index in [9.17, 15) is 4.79 Å². The Morgan fingerprint density at radius 3 is 2.63 bits per heavy atom. The first-order valence-electron chi connectivity index (χ1n) is 8.56. The first kappa shape index (κ1) is 16.7. The van der Waals surface area contributed by atoms with Gasteiger partial charge in [0.2, 0.25) is 0 Å². The summed E-state index contributed by atoms with van der Waals surface area (Å²) >= 11 is 0. The summed E-state index contributed by atoms with van der Waals surface area (Å²) in [5, 5.41) is 13.9. The van der Waals surface area contributed by atoms with Gasteiger partial charge in [-0.1, -0.05) is 18.2 Å². The zero-order valence-electron chi connectivity index (χ0n) is 15.0. The molecule has 132 valence electrons. The molecule has 0 saturated carbocycles. The van der Waals surface area contributed by atoms with E-state index in [-0.39, 0.29) is 5.56 Å². The van der Waals surface area contributed by atoms with Crippen molar-refractivity contribution in [3.63, 3.8) is 0 Å². The Morgan fingerprint density at radius 2 is 1.89 bits per heavy atom. The lowest BCUT2D eigenvalue weighted by Crippen LogP contribution is -2.21. The Morgan fingerprint density at radius 1 is 1.11 bits per heavy atom. The maximum atomic E-state index is 12.9. The van der Waals surface area contributed by atoms with Crippen molar-refractivity contribution in [1.29, 1.82) is 5.26 Å². The smallest absolute Gasteiger partial charge is 0.264 e. The van der Waals surface area contributed by atoms with Gasteiger partial charge in [-0.3, -0.25) is 9.36 Å². The van der Waals surface area contributed by atoms with Crippen LogP contribution in [0, 0.1) is 25.2 Å². The van der Waals surface area contributed by atoms with E-state index in [1.807, 2.05) is 38.1 Å². The zero-order valence-corrected chi connectivity index (χ0v) is 15.0. The van der Waals surface area contributed by atoms with E-state index in [0.717, 1.165) is 22.4 Å². The molecule has 0 aliphatic rings. The highest BCUT2D eigenvalue weighted by Crippen LogP contribution is 2.17. The number of rotatable bonds is 3. The van der Waals surface area contributed by atoms with Crippen LogP contribution in [0.3, 0.4) is 0 Å². The van der Waals surface area contributed by atoms with Crippen molar-refractivity contribution in [3.8, 4) is 11.8 Å². The fourth-order valence-electron chi connectivity index (χ4n) is 3.26. The fraction of sp³-hybridized carbons (Fsp3) is 0.143. The molecule has 0 atom stereocenters. The summed E-state index contributed by atoms with van der Waals surface area (Å²) in [6, 6.07) is 15.4. The largest absolute Gasteiger partial charge is 0.294 e. The van der Waals surface area contributed by atoms with E-state index >= 15 is 0 Å². The Labute approximate surface area is 155 Å². The van der Waals surface area contributed by atoms with Gasteiger partial charge in [0.05, 0.1) is 30.1 Å². The van der Waals surface area contributed by atoms with Crippen LogP contribution in [0.1, 0.15) is 22.3 Å². The third kappa shape index (κ3) is 3.11. The fourth-order valence-corrected chi connectivity index (χ4v) is 3.26. The third-order valence-corrected chi connectivity index (χ3v) is 4.41. The van der Waals surface area contributed by atoms with Crippen LogP contribution in [0.25, 0.3) is 16.7 Å². The highest BCUT2D eigenvalue weighted by molar-refractivity contribution is 5.75. The van der Waals surface area contributed by atoms with Crippen molar-refractivity contribution in [3.05, 3.63) is 87.6 Å². The molecule has 4 aromatic rings. The first-order valence-corrected chi connectivity index (χ1v) is 8.56.